The third-order valence-corrected chi connectivity index (χ3v) is 3.55. The van der Waals surface area contributed by atoms with E-state index in [2.05, 4.69) is 5.32 Å². The molecule has 0 saturated carbocycles. The molecule has 1 aliphatic rings. The van der Waals surface area contributed by atoms with E-state index in [0.29, 0.717) is 10.6 Å². The predicted octanol–water partition coefficient (Wildman–Crippen LogP) is 1.61. The summed E-state index contributed by atoms with van der Waals surface area (Å²) in [4.78, 5) is 14.8. The number of carbonyl (C=O) groups is 1. The number of nitrogens with one attached hydrogen (secondary N) is 1. The summed E-state index contributed by atoms with van der Waals surface area (Å²) in [5.41, 5.74) is 0. The molecule has 1 saturated heterocycles. The molecule has 1 aromatic heterocycles. The minimum absolute atomic E-state index is 0. The van der Waals surface area contributed by atoms with Crippen LogP contribution in [-0.2, 0) is 0 Å². The van der Waals surface area contributed by atoms with Gasteiger partial charge in [0.05, 0.1) is 7.11 Å². The monoisotopic (exact) mass is 276 g/mol. The van der Waals surface area contributed by atoms with Gasteiger partial charge in [0.1, 0.15) is 10.6 Å². The fourth-order valence-electron chi connectivity index (χ4n) is 1.81. The molecule has 0 unspecified atom stereocenters. The number of ether oxygens (including phenoxy) is 1. The summed E-state index contributed by atoms with van der Waals surface area (Å²) >= 11 is 1.45. The highest BCUT2D eigenvalue weighted by atomic mass is 35.5. The van der Waals surface area contributed by atoms with Gasteiger partial charge >= 0.3 is 0 Å². The highest BCUT2D eigenvalue weighted by Crippen LogP contribution is 2.26. The van der Waals surface area contributed by atoms with Gasteiger partial charge in [0, 0.05) is 19.6 Å². The van der Waals surface area contributed by atoms with Crippen molar-refractivity contribution < 1.29 is 9.53 Å². The van der Waals surface area contributed by atoms with Crippen LogP contribution in [0.1, 0.15) is 16.1 Å². The van der Waals surface area contributed by atoms with E-state index in [-0.39, 0.29) is 18.3 Å². The number of hydrogen-bond donors (Lipinski definition) is 1. The quantitative estimate of drug-likeness (QED) is 0.892. The molecule has 6 heteroatoms. The molecule has 0 radical (unpaired) electrons. The first-order valence-electron chi connectivity index (χ1n) is 5.44. The number of halogens is 1. The lowest BCUT2D eigenvalue weighted by atomic mass is 10.3. The van der Waals surface area contributed by atoms with E-state index < -0.39 is 0 Å². The fourth-order valence-corrected chi connectivity index (χ4v) is 2.63. The van der Waals surface area contributed by atoms with Gasteiger partial charge < -0.3 is 15.0 Å². The molecule has 0 spiro atoms. The lowest BCUT2D eigenvalue weighted by Crippen LogP contribution is -2.33. The molecule has 4 nitrogen and oxygen atoms in total. The molecule has 0 atom stereocenters. The van der Waals surface area contributed by atoms with Gasteiger partial charge in [0.2, 0.25) is 0 Å². The highest BCUT2D eigenvalue weighted by molar-refractivity contribution is 7.12. The molecular formula is C11H17ClN2O2S. The summed E-state index contributed by atoms with van der Waals surface area (Å²) in [6.07, 6.45) is 1.01. The number of hydrogen-bond acceptors (Lipinski definition) is 4. The zero-order valence-electron chi connectivity index (χ0n) is 9.77. The van der Waals surface area contributed by atoms with Crippen LogP contribution in [0.2, 0.25) is 0 Å². The number of methoxy groups -OCH3 is 1. The second kappa shape index (κ2) is 6.83. The van der Waals surface area contributed by atoms with Gasteiger partial charge in [-0.25, -0.2) is 0 Å². The normalized spacial score (nSPS) is 15.9. The van der Waals surface area contributed by atoms with Crippen molar-refractivity contribution in [3.63, 3.8) is 0 Å². The number of rotatable bonds is 2. The third kappa shape index (κ3) is 3.34. The molecule has 1 amide bonds. The van der Waals surface area contributed by atoms with Crippen LogP contribution in [-0.4, -0.2) is 44.1 Å². The Morgan fingerprint density at radius 1 is 1.47 bits per heavy atom. The summed E-state index contributed by atoms with van der Waals surface area (Å²) in [7, 11) is 1.60. The standard InChI is InChI=1S/C11H16N2O2S.ClH/c1-15-9-3-8-16-10(9)11(14)13-6-2-4-12-5-7-13;/h3,8,12H,2,4-7H2,1H3;1H. The Balaban J connectivity index is 0.00000144. The maximum Gasteiger partial charge on any atom is 0.267 e. The Bertz CT molecular complexity index is 362. The van der Waals surface area contributed by atoms with E-state index in [1.165, 1.54) is 11.3 Å². The second-order valence-electron chi connectivity index (χ2n) is 3.71. The van der Waals surface area contributed by atoms with E-state index in [1.807, 2.05) is 16.3 Å². The SMILES string of the molecule is COc1ccsc1C(=O)N1CCCNCC1.Cl. The average molecular weight is 277 g/mol. The molecule has 0 aromatic carbocycles. The lowest BCUT2D eigenvalue weighted by Gasteiger charge is -2.19. The zero-order valence-corrected chi connectivity index (χ0v) is 11.4. The molecule has 0 bridgehead atoms. The van der Waals surface area contributed by atoms with E-state index >= 15 is 0 Å². The predicted molar refractivity (Wildman–Crippen MR) is 71.5 cm³/mol. The maximum atomic E-state index is 12.2. The maximum absolute atomic E-state index is 12.2. The third-order valence-electron chi connectivity index (χ3n) is 2.67. The first-order chi connectivity index (χ1) is 7.83. The minimum atomic E-state index is 0. The summed E-state index contributed by atoms with van der Waals surface area (Å²) in [5.74, 6) is 0.780. The van der Waals surface area contributed by atoms with Crippen LogP contribution in [0, 0.1) is 0 Å². The van der Waals surface area contributed by atoms with Crippen LogP contribution < -0.4 is 10.1 Å². The van der Waals surface area contributed by atoms with E-state index in [4.69, 9.17) is 4.74 Å². The molecule has 1 fully saturated rings. The van der Waals surface area contributed by atoms with Crippen molar-refractivity contribution in [1.82, 2.24) is 10.2 Å². The summed E-state index contributed by atoms with van der Waals surface area (Å²) in [6, 6.07) is 1.84. The number of thiophene rings is 1. The number of carbonyl (C=O) groups excluding carboxylic acids is 1. The Labute approximate surface area is 111 Å². The van der Waals surface area contributed by atoms with Crippen LogP contribution in [0.5, 0.6) is 5.75 Å². The molecule has 0 aliphatic carbocycles. The van der Waals surface area contributed by atoms with Crippen molar-refractivity contribution in [3.05, 3.63) is 16.3 Å². The van der Waals surface area contributed by atoms with Gasteiger partial charge in [-0.2, -0.15) is 0 Å². The Hall–Kier alpha value is -0.780. The van der Waals surface area contributed by atoms with E-state index in [1.54, 1.807) is 7.11 Å². The lowest BCUT2D eigenvalue weighted by molar-refractivity contribution is 0.0768. The van der Waals surface area contributed by atoms with Crippen molar-refractivity contribution in [3.8, 4) is 5.75 Å². The molecule has 2 rings (SSSR count). The molecule has 2 heterocycles. The van der Waals surface area contributed by atoms with Crippen LogP contribution in [0.15, 0.2) is 11.4 Å². The van der Waals surface area contributed by atoms with Gasteiger partial charge in [-0.3, -0.25) is 4.79 Å². The van der Waals surface area contributed by atoms with Crippen molar-refractivity contribution in [2.45, 2.75) is 6.42 Å². The molecule has 1 N–H and O–H groups in total. The fraction of sp³-hybridized carbons (Fsp3) is 0.545. The highest BCUT2D eigenvalue weighted by Gasteiger charge is 2.21. The van der Waals surface area contributed by atoms with Crippen molar-refractivity contribution >= 4 is 29.7 Å². The molecular weight excluding hydrogens is 260 g/mol. The van der Waals surface area contributed by atoms with Crippen LogP contribution >= 0.6 is 23.7 Å². The van der Waals surface area contributed by atoms with Gasteiger partial charge in [-0.05, 0) is 24.4 Å². The topological polar surface area (TPSA) is 41.6 Å². The molecule has 1 aromatic rings. The first kappa shape index (κ1) is 14.3. The molecule has 17 heavy (non-hydrogen) atoms. The van der Waals surface area contributed by atoms with E-state index in [9.17, 15) is 4.79 Å². The molecule has 96 valence electrons. The average Bonchev–Trinajstić information content (AvgIpc) is 2.61. The zero-order chi connectivity index (χ0) is 11.4. The first-order valence-corrected chi connectivity index (χ1v) is 6.32. The van der Waals surface area contributed by atoms with E-state index in [0.717, 1.165) is 32.6 Å². The smallest absolute Gasteiger partial charge is 0.267 e. The van der Waals surface area contributed by atoms with Gasteiger partial charge in [0.25, 0.3) is 5.91 Å². The Kier molecular flexibility index (Phi) is 5.74. The summed E-state index contributed by atoms with van der Waals surface area (Å²) in [5, 5.41) is 5.18. The van der Waals surface area contributed by atoms with Gasteiger partial charge in [0.15, 0.2) is 0 Å². The van der Waals surface area contributed by atoms with Crippen LogP contribution in [0.25, 0.3) is 0 Å². The number of amides is 1. The second-order valence-corrected chi connectivity index (χ2v) is 4.63. The Morgan fingerprint density at radius 3 is 3.06 bits per heavy atom. The Morgan fingerprint density at radius 2 is 2.29 bits per heavy atom. The summed E-state index contributed by atoms with van der Waals surface area (Å²) < 4.78 is 5.18. The van der Waals surface area contributed by atoms with Crippen LogP contribution in [0.3, 0.4) is 0 Å². The van der Waals surface area contributed by atoms with Crippen molar-refractivity contribution in [2.75, 3.05) is 33.3 Å². The number of nitrogens with zero attached hydrogens (tertiary/aromatic N) is 1. The molecule has 1 aliphatic heterocycles. The largest absolute Gasteiger partial charge is 0.495 e. The minimum Gasteiger partial charge on any atom is -0.495 e. The summed E-state index contributed by atoms with van der Waals surface area (Å²) in [6.45, 7) is 3.47. The van der Waals surface area contributed by atoms with Gasteiger partial charge in [-0.1, -0.05) is 0 Å². The van der Waals surface area contributed by atoms with Gasteiger partial charge in [-0.15, -0.1) is 23.7 Å². The van der Waals surface area contributed by atoms with Crippen molar-refractivity contribution in [1.29, 1.82) is 0 Å². The van der Waals surface area contributed by atoms with Crippen molar-refractivity contribution in [2.24, 2.45) is 0 Å². The van der Waals surface area contributed by atoms with Crippen LogP contribution in [0.4, 0.5) is 0 Å².